The van der Waals surface area contributed by atoms with Crippen molar-refractivity contribution in [3.05, 3.63) is 65.5 Å². The number of ether oxygens (including phenoxy) is 1. The molecule has 8 heteroatoms. The Morgan fingerprint density at radius 3 is 2.47 bits per heavy atom. The summed E-state index contributed by atoms with van der Waals surface area (Å²) in [5, 5.41) is 3.17. The van der Waals surface area contributed by atoms with E-state index in [1.54, 1.807) is 37.3 Å². The molecule has 2 fully saturated rings. The highest BCUT2D eigenvalue weighted by molar-refractivity contribution is 6.24. The number of carbonyl (C=O) groups is 4. The first-order valence-corrected chi connectivity index (χ1v) is 11.4. The molecule has 7 nitrogen and oxygen atoms in total. The fourth-order valence-corrected chi connectivity index (χ4v) is 5.29. The van der Waals surface area contributed by atoms with Crippen LogP contribution in [0.1, 0.15) is 55.6 Å². The maximum absolute atomic E-state index is 14.9. The Labute approximate surface area is 197 Å². The van der Waals surface area contributed by atoms with Crippen molar-refractivity contribution in [3.63, 3.8) is 0 Å². The number of nitrogens with zero attached hydrogens (tertiary/aromatic N) is 1. The number of anilines is 1. The van der Waals surface area contributed by atoms with Crippen LogP contribution in [-0.4, -0.2) is 35.7 Å². The van der Waals surface area contributed by atoms with Gasteiger partial charge in [0.05, 0.1) is 24.1 Å². The number of carbonyl (C=O) groups excluding carboxylic acids is 4. The SMILES string of the molecule is CCC[C@]1(C(=O)OCC)N[C@@H](c2ccccc2F)[C@H]2C(=O)N(c3cccc(C(C)=O)c3)C(=O)[C@H]21. The fourth-order valence-electron chi connectivity index (χ4n) is 5.29. The second kappa shape index (κ2) is 9.10. The minimum absolute atomic E-state index is 0.0975. The maximum Gasteiger partial charge on any atom is 0.327 e. The summed E-state index contributed by atoms with van der Waals surface area (Å²) in [4.78, 5) is 53.8. The van der Waals surface area contributed by atoms with E-state index in [2.05, 4.69) is 5.32 Å². The van der Waals surface area contributed by atoms with Crippen LogP contribution >= 0.6 is 0 Å². The van der Waals surface area contributed by atoms with Gasteiger partial charge >= 0.3 is 5.97 Å². The van der Waals surface area contributed by atoms with Gasteiger partial charge in [-0.05, 0) is 38.5 Å². The van der Waals surface area contributed by atoms with Crippen molar-refractivity contribution in [2.24, 2.45) is 11.8 Å². The summed E-state index contributed by atoms with van der Waals surface area (Å²) in [6.45, 7) is 5.02. The molecule has 34 heavy (non-hydrogen) atoms. The van der Waals surface area contributed by atoms with E-state index >= 15 is 0 Å². The number of esters is 1. The molecule has 1 N–H and O–H groups in total. The smallest absolute Gasteiger partial charge is 0.327 e. The molecule has 2 aliphatic rings. The summed E-state index contributed by atoms with van der Waals surface area (Å²) in [5.74, 6) is -4.58. The fraction of sp³-hybridized carbons (Fsp3) is 0.385. The molecule has 4 atom stereocenters. The topological polar surface area (TPSA) is 92.8 Å². The molecule has 2 aromatic rings. The van der Waals surface area contributed by atoms with Crippen molar-refractivity contribution in [1.29, 1.82) is 0 Å². The molecule has 0 aliphatic carbocycles. The lowest BCUT2D eigenvalue weighted by molar-refractivity contribution is -0.155. The van der Waals surface area contributed by atoms with Crippen LogP contribution in [-0.2, 0) is 19.1 Å². The van der Waals surface area contributed by atoms with Gasteiger partial charge in [-0.15, -0.1) is 0 Å². The Morgan fingerprint density at radius 2 is 1.82 bits per heavy atom. The van der Waals surface area contributed by atoms with E-state index in [-0.39, 0.29) is 30.1 Å². The van der Waals surface area contributed by atoms with E-state index in [0.29, 0.717) is 12.0 Å². The monoisotopic (exact) mass is 466 g/mol. The Kier molecular flexibility index (Phi) is 6.36. The predicted octanol–water partition coefficient (Wildman–Crippen LogP) is 3.58. The second-order valence-corrected chi connectivity index (χ2v) is 8.71. The van der Waals surface area contributed by atoms with E-state index in [0.717, 1.165) is 4.90 Å². The largest absolute Gasteiger partial charge is 0.465 e. The summed E-state index contributed by atoms with van der Waals surface area (Å²) in [7, 11) is 0. The van der Waals surface area contributed by atoms with E-state index < -0.39 is 47.0 Å². The van der Waals surface area contributed by atoms with Crippen LogP contribution in [0.2, 0.25) is 0 Å². The van der Waals surface area contributed by atoms with Gasteiger partial charge in [-0.25, -0.2) is 9.29 Å². The standard InChI is InChI=1S/C26H27FN2O5/c1-4-13-26(25(33)34-5-2)21-20(22(28-26)18-11-6-7-12-19(18)27)23(31)29(24(21)32)17-10-8-9-16(14-17)15(3)30/h6-12,14,20-22,28H,4-5,13H2,1-3H3/t20-,21-,22-,26-/m0/s1. The zero-order chi connectivity index (χ0) is 24.6. The third-order valence-corrected chi connectivity index (χ3v) is 6.69. The molecule has 0 saturated carbocycles. The Morgan fingerprint density at radius 1 is 1.09 bits per heavy atom. The molecule has 2 amide bonds. The average Bonchev–Trinajstić information content (AvgIpc) is 3.29. The number of fused-ring (bicyclic) bond motifs is 1. The Balaban J connectivity index is 1.88. The molecule has 2 aromatic carbocycles. The molecule has 4 rings (SSSR count). The van der Waals surface area contributed by atoms with E-state index in [9.17, 15) is 23.6 Å². The minimum atomic E-state index is -1.48. The number of benzene rings is 2. The van der Waals surface area contributed by atoms with Crippen LogP contribution in [0.4, 0.5) is 10.1 Å². The van der Waals surface area contributed by atoms with Crippen LogP contribution in [0.5, 0.6) is 0 Å². The summed E-state index contributed by atoms with van der Waals surface area (Å²) < 4.78 is 20.2. The van der Waals surface area contributed by atoms with Crippen LogP contribution in [0, 0.1) is 17.7 Å². The van der Waals surface area contributed by atoms with Crippen molar-refractivity contribution in [2.75, 3.05) is 11.5 Å². The molecule has 0 aromatic heterocycles. The number of nitrogens with one attached hydrogen (secondary N) is 1. The highest BCUT2D eigenvalue weighted by Crippen LogP contribution is 2.52. The number of hydrogen-bond acceptors (Lipinski definition) is 6. The second-order valence-electron chi connectivity index (χ2n) is 8.71. The molecule has 0 radical (unpaired) electrons. The lowest BCUT2D eigenvalue weighted by Gasteiger charge is -2.32. The summed E-state index contributed by atoms with van der Waals surface area (Å²) in [6, 6.07) is 11.4. The van der Waals surface area contributed by atoms with Gasteiger partial charge < -0.3 is 4.74 Å². The van der Waals surface area contributed by atoms with Crippen molar-refractivity contribution in [1.82, 2.24) is 5.32 Å². The maximum atomic E-state index is 14.9. The van der Waals surface area contributed by atoms with Crippen molar-refractivity contribution >= 4 is 29.3 Å². The summed E-state index contributed by atoms with van der Waals surface area (Å²) in [6.07, 6.45) is 0.763. The van der Waals surface area contributed by atoms with Crippen LogP contribution in [0.15, 0.2) is 48.5 Å². The van der Waals surface area contributed by atoms with Crippen LogP contribution in [0.3, 0.4) is 0 Å². The average molecular weight is 467 g/mol. The first kappa shape index (κ1) is 23.8. The Bertz CT molecular complexity index is 1170. The van der Waals surface area contributed by atoms with Gasteiger partial charge in [0.25, 0.3) is 0 Å². The number of amides is 2. The molecule has 0 unspecified atom stereocenters. The van der Waals surface area contributed by atoms with E-state index in [1.807, 2.05) is 6.92 Å². The van der Waals surface area contributed by atoms with Gasteiger partial charge in [-0.3, -0.25) is 24.5 Å². The van der Waals surface area contributed by atoms with Crippen molar-refractivity contribution < 1.29 is 28.3 Å². The van der Waals surface area contributed by atoms with Gasteiger partial charge in [-0.1, -0.05) is 43.7 Å². The van der Waals surface area contributed by atoms with E-state index in [1.165, 1.54) is 25.1 Å². The predicted molar refractivity (Wildman–Crippen MR) is 122 cm³/mol. The zero-order valence-electron chi connectivity index (χ0n) is 19.3. The first-order chi connectivity index (χ1) is 16.3. The number of rotatable bonds is 7. The van der Waals surface area contributed by atoms with Gasteiger partial charge in [0.2, 0.25) is 11.8 Å². The highest BCUT2D eigenvalue weighted by Gasteiger charge is 2.68. The number of hydrogen-bond donors (Lipinski definition) is 1. The number of ketones is 1. The van der Waals surface area contributed by atoms with Crippen molar-refractivity contribution in [2.45, 2.75) is 45.2 Å². The summed E-state index contributed by atoms with van der Waals surface area (Å²) >= 11 is 0. The van der Waals surface area contributed by atoms with Gasteiger partial charge in [0.1, 0.15) is 11.4 Å². The zero-order valence-corrected chi connectivity index (χ0v) is 19.3. The summed E-state index contributed by atoms with van der Waals surface area (Å²) in [5.41, 5.74) is -0.676. The quantitative estimate of drug-likeness (QED) is 0.381. The molecule has 0 bridgehead atoms. The minimum Gasteiger partial charge on any atom is -0.465 e. The molecule has 178 valence electrons. The molecule has 2 aliphatic heterocycles. The van der Waals surface area contributed by atoms with Crippen molar-refractivity contribution in [3.8, 4) is 0 Å². The van der Waals surface area contributed by atoms with Gasteiger partial charge in [-0.2, -0.15) is 0 Å². The Hall–Kier alpha value is -3.39. The first-order valence-electron chi connectivity index (χ1n) is 11.4. The third-order valence-electron chi connectivity index (χ3n) is 6.69. The third kappa shape index (κ3) is 3.62. The van der Waals surface area contributed by atoms with Crippen LogP contribution in [0.25, 0.3) is 0 Å². The molecular formula is C26H27FN2O5. The molecule has 0 spiro atoms. The molecular weight excluding hydrogens is 439 g/mol. The normalized spacial score (nSPS) is 26.0. The molecule has 2 heterocycles. The number of imide groups is 1. The van der Waals surface area contributed by atoms with Crippen LogP contribution < -0.4 is 10.2 Å². The lowest BCUT2D eigenvalue weighted by Crippen LogP contribution is -2.56. The van der Waals surface area contributed by atoms with Gasteiger partial charge in [0, 0.05) is 17.2 Å². The lowest BCUT2D eigenvalue weighted by atomic mass is 9.77. The van der Waals surface area contributed by atoms with Gasteiger partial charge in [0.15, 0.2) is 5.78 Å². The highest BCUT2D eigenvalue weighted by atomic mass is 19.1. The number of halogens is 1. The number of Topliss-reactive ketones (excluding diaryl/α,β-unsaturated/α-hetero) is 1. The molecule has 2 saturated heterocycles. The van der Waals surface area contributed by atoms with E-state index in [4.69, 9.17) is 4.74 Å².